The molecule has 206 valence electrons. The maximum Gasteiger partial charge on any atom is 0.315 e. The summed E-state index contributed by atoms with van der Waals surface area (Å²) in [7, 11) is -4.67. The molecule has 5 aromatic carbocycles. The molecule has 0 fully saturated rings. The molecule has 0 saturated carbocycles. The van der Waals surface area contributed by atoms with Crippen LogP contribution in [0.4, 0.5) is 0 Å². The zero-order chi connectivity index (χ0) is 28.6. The van der Waals surface area contributed by atoms with Gasteiger partial charge in [0, 0.05) is 11.8 Å². The molecule has 3 atom stereocenters. The molecule has 8 rings (SSSR count). The number of esters is 1. The van der Waals surface area contributed by atoms with E-state index in [0.717, 1.165) is 21.7 Å². The van der Waals surface area contributed by atoms with Gasteiger partial charge in [0.25, 0.3) is 0 Å². The number of rotatable bonds is 4. The van der Waals surface area contributed by atoms with E-state index in [1.165, 1.54) is 28.1 Å². The van der Waals surface area contributed by atoms with E-state index in [-0.39, 0.29) is 28.6 Å². The van der Waals surface area contributed by atoms with Crippen molar-refractivity contribution in [3.63, 3.8) is 0 Å². The van der Waals surface area contributed by atoms with E-state index in [4.69, 9.17) is 4.74 Å². The molecule has 0 N–H and O–H groups in total. The predicted molar refractivity (Wildman–Crippen MR) is 159 cm³/mol. The molecule has 5 aromatic rings. The standard InChI is InChI=1S/C35H30O5S/c1-19(2)26-18-31(20(3)14-32(26)41(37,38)39)40-35(36)30-17-28-25-13-12-21-8-6-7-11-24(21)33(25)34(30)29-16-23-10-5-4-9-22(23)15-27(28)29/h4-16,18-19,28,30,34H,17H2,1-3H3,(H,37,38,39)/p-1. The summed E-state index contributed by atoms with van der Waals surface area (Å²) in [6, 6.07) is 28.4. The molecule has 0 aromatic heterocycles. The maximum atomic E-state index is 14.1. The van der Waals surface area contributed by atoms with Crippen LogP contribution in [0, 0.1) is 12.8 Å². The Morgan fingerprint density at radius 3 is 2.20 bits per heavy atom. The molecular weight excluding hydrogens is 532 g/mol. The van der Waals surface area contributed by atoms with Gasteiger partial charge in [-0.1, -0.05) is 86.6 Å². The fourth-order valence-electron chi connectivity index (χ4n) is 7.07. The fraction of sp³-hybridized carbons (Fsp3) is 0.229. The van der Waals surface area contributed by atoms with Crippen molar-refractivity contribution in [2.24, 2.45) is 5.92 Å². The van der Waals surface area contributed by atoms with Crippen LogP contribution < -0.4 is 4.74 Å². The summed E-state index contributed by atoms with van der Waals surface area (Å²) in [5.41, 5.74) is 5.68. The highest BCUT2D eigenvalue weighted by Crippen LogP contribution is 2.58. The SMILES string of the molecule is Cc1cc(S(=O)(=O)[O-])c(C(C)C)cc1OC(=O)C1CC2c3cc4ccccc4cc3C1c1c2ccc2ccccc12. The van der Waals surface area contributed by atoms with Crippen LogP contribution in [0.2, 0.25) is 0 Å². The second kappa shape index (κ2) is 9.26. The first-order valence-corrected chi connectivity index (χ1v) is 15.4. The Labute approximate surface area is 239 Å². The zero-order valence-electron chi connectivity index (χ0n) is 23.0. The molecule has 3 aliphatic carbocycles. The van der Waals surface area contributed by atoms with Crippen LogP contribution in [0.1, 0.15) is 71.4 Å². The van der Waals surface area contributed by atoms with Crippen LogP contribution in [0.15, 0.2) is 89.8 Å². The highest BCUT2D eigenvalue weighted by atomic mass is 32.2. The minimum Gasteiger partial charge on any atom is -0.744 e. The van der Waals surface area contributed by atoms with E-state index in [9.17, 15) is 17.8 Å². The van der Waals surface area contributed by atoms with Crippen LogP contribution in [0.25, 0.3) is 21.5 Å². The molecule has 0 radical (unpaired) electrons. The van der Waals surface area contributed by atoms with Gasteiger partial charge in [0.05, 0.1) is 10.8 Å². The molecule has 2 bridgehead atoms. The quantitative estimate of drug-likeness (QED) is 0.129. The molecule has 41 heavy (non-hydrogen) atoms. The highest BCUT2D eigenvalue weighted by Gasteiger charge is 2.48. The molecule has 6 heteroatoms. The number of carbonyl (C=O) groups is 1. The van der Waals surface area contributed by atoms with Gasteiger partial charge in [-0.05, 0) is 86.3 Å². The molecule has 5 nitrogen and oxygen atoms in total. The number of hydrogen-bond donors (Lipinski definition) is 0. The monoisotopic (exact) mass is 561 g/mol. The summed E-state index contributed by atoms with van der Waals surface area (Å²) in [5, 5.41) is 4.62. The van der Waals surface area contributed by atoms with Gasteiger partial charge in [0.1, 0.15) is 15.9 Å². The number of fused-ring (bicyclic) bond motifs is 3. The van der Waals surface area contributed by atoms with E-state index < -0.39 is 16.0 Å². The lowest BCUT2D eigenvalue weighted by Gasteiger charge is -2.45. The Bertz CT molecular complexity index is 2010. The van der Waals surface area contributed by atoms with Crippen LogP contribution in [0.3, 0.4) is 0 Å². The van der Waals surface area contributed by atoms with Crippen molar-refractivity contribution in [3.05, 3.63) is 118 Å². The second-order valence-electron chi connectivity index (χ2n) is 11.7. The lowest BCUT2D eigenvalue weighted by atomic mass is 9.58. The van der Waals surface area contributed by atoms with Gasteiger partial charge in [0.15, 0.2) is 0 Å². The minimum absolute atomic E-state index is 0.0528. The van der Waals surface area contributed by atoms with Crippen molar-refractivity contribution in [2.75, 3.05) is 0 Å². The van der Waals surface area contributed by atoms with Crippen molar-refractivity contribution < 1.29 is 22.5 Å². The first-order chi connectivity index (χ1) is 19.6. The number of ether oxygens (including phenoxy) is 1. The molecule has 0 aliphatic heterocycles. The molecular formula is C35H29O5S-. The van der Waals surface area contributed by atoms with Gasteiger partial charge in [-0.15, -0.1) is 0 Å². The van der Waals surface area contributed by atoms with E-state index in [0.29, 0.717) is 23.3 Å². The first-order valence-electron chi connectivity index (χ1n) is 14.0. The third-order valence-corrected chi connectivity index (χ3v) is 9.85. The van der Waals surface area contributed by atoms with Crippen molar-refractivity contribution in [1.82, 2.24) is 0 Å². The van der Waals surface area contributed by atoms with Crippen LogP contribution in [-0.2, 0) is 14.9 Å². The molecule has 0 heterocycles. The Morgan fingerprint density at radius 1 is 0.854 bits per heavy atom. The average molecular weight is 562 g/mol. The summed E-state index contributed by atoms with van der Waals surface area (Å²) in [5.74, 6) is -0.832. The van der Waals surface area contributed by atoms with Gasteiger partial charge < -0.3 is 9.29 Å². The molecule has 3 unspecified atom stereocenters. The Hall–Kier alpha value is -4.00. The van der Waals surface area contributed by atoms with E-state index >= 15 is 0 Å². The van der Waals surface area contributed by atoms with Crippen molar-refractivity contribution in [3.8, 4) is 5.75 Å². The van der Waals surface area contributed by atoms with Crippen molar-refractivity contribution in [1.29, 1.82) is 0 Å². The Balaban J connectivity index is 1.37. The maximum absolute atomic E-state index is 14.1. The fourth-order valence-corrected chi connectivity index (χ4v) is 7.97. The molecule has 3 aliphatic rings. The molecule has 0 saturated heterocycles. The molecule has 0 amide bonds. The zero-order valence-corrected chi connectivity index (χ0v) is 23.9. The van der Waals surface area contributed by atoms with Gasteiger partial charge in [-0.25, -0.2) is 8.42 Å². The van der Waals surface area contributed by atoms with Crippen LogP contribution in [-0.4, -0.2) is 18.9 Å². The van der Waals surface area contributed by atoms with E-state index in [1.807, 2.05) is 32.0 Å². The topological polar surface area (TPSA) is 83.5 Å². The summed E-state index contributed by atoms with van der Waals surface area (Å²) >= 11 is 0. The summed E-state index contributed by atoms with van der Waals surface area (Å²) in [6.07, 6.45) is 0.628. The van der Waals surface area contributed by atoms with Crippen LogP contribution >= 0.6 is 0 Å². The summed E-state index contributed by atoms with van der Waals surface area (Å²) in [6.45, 7) is 5.29. The lowest BCUT2D eigenvalue weighted by Crippen LogP contribution is -2.38. The molecule has 0 spiro atoms. The number of carbonyl (C=O) groups excluding carboxylic acids is 1. The normalized spacial score (nSPS) is 19.4. The minimum atomic E-state index is -4.67. The Morgan fingerprint density at radius 2 is 1.51 bits per heavy atom. The lowest BCUT2D eigenvalue weighted by molar-refractivity contribution is -0.140. The Kier molecular flexibility index (Phi) is 5.86. The third kappa shape index (κ3) is 4.08. The predicted octanol–water partition coefficient (Wildman–Crippen LogP) is 7.53. The number of hydrogen-bond acceptors (Lipinski definition) is 5. The first kappa shape index (κ1) is 25.9. The smallest absolute Gasteiger partial charge is 0.315 e. The van der Waals surface area contributed by atoms with Crippen molar-refractivity contribution >= 4 is 37.6 Å². The summed E-state index contributed by atoms with van der Waals surface area (Å²) in [4.78, 5) is 13.8. The average Bonchev–Trinajstić information content (AvgIpc) is 2.96. The van der Waals surface area contributed by atoms with E-state index in [2.05, 4.69) is 54.6 Å². The second-order valence-corrected chi connectivity index (χ2v) is 13.0. The summed E-state index contributed by atoms with van der Waals surface area (Å²) < 4.78 is 41.9. The van der Waals surface area contributed by atoms with Gasteiger partial charge in [0.2, 0.25) is 0 Å². The van der Waals surface area contributed by atoms with Crippen LogP contribution in [0.5, 0.6) is 5.75 Å². The number of benzene rings is 5. The van der Waals surface area contributed by atoms with E-state index in [1.54, 1.807) is 13.0 Å². The van der Waals surface area contributed by atoms with Gasteiger partial charge >= 0.3 is 5.97 Å². The van der Waals surface area contributed by atoms with Crippen molar-refractivity contribution in [2.45, 2.75) is 49.8 Å². The number of aryl methyl sites for hydroxylation is 1. The van der Waals surface area contributed by atoms with Gasteiger partial charge in [-0.3, -0.25) is 4.79 Å². The highest BCUT2D eigenvalue weighted by molar-refractivity contribution is 7.85. The largest absolute Gasteiger partial charge is 0.744 e. The van der Waals surface area contributed by atoms with Gasteiger partial charge in [-0.2, -0.15) is 0 Å². The third-order valence-electron chi connectivity index (χ3n) is 8.96.